The Labute approximate surface area is 117 Å². The van der Waals surface area contributed by atoms with E-state index < -0.39 is 0 Å². The van der Waals surface area contributed by atoms with Crippen molar-refractivity contribution in [2.24, 2.45) is 0 Å². The number of hydrogen-bond acceptors (Lipinski definition) is 5. The Morgan fingerprint density at radius 2 is 2.15 bits per heavy atom. The third kappa shape index (κ3) is 4.08. The lowest BCUT2D eigenvalue weighted by Crippen LogP contribution is -2.23. The van der Waals surface area contributed by atoms with Crippen molar-refractivity contribution in [1.82, 2.24) is 15.3 Å². The van der Waals surface area contributed by atoms with E-state index >= 15 is 0 Å². The van der Waals surface area contributed by atoms with E-state index in [1.54, 1.807) is 18.4 Å². The van der Waals surface area contributed by atoms with Crippen LogP contribution in [-0.4, -0.2) is 22.4 Å². The molecule has 2 aromatic heterocycles. The highest BCUT2D eigenvalue weighted by Gasteiger charge is 2.07. The molecule has 0 bridgehead atoms. The first-order chi connectivity index (χ1) is 9.79. The summed E-state index contributed by atoms with van der Waals surface area (Å²) >= 11 is 0. The van der Waals surface area contributed by atoms with Crippen LogP contribution in [0.25, 0.3) is 0 Å². The van der Waals surface area contributed by atoms with Crippen molar-refractivity contribution in [3.63, 3.8) is 0 Å². The summed E-state index contributed by atoms with van der Waals surface area (Å²) in [6.07, 6.45) is 6.77. The van der Waals surface area contributed by atoms with Gasteiger partial charge in [-0.05, 0) is 18.6 Å². The lowest BCUT2D eigenvalue weighted by Gasteiger charge is -2.05. The Morgan fingerprint density at radius 3 is 2.80 bits per heavy atom. The van der Waals surface area contributed by atoms with E-state index in [2.05, 4.69) is 27.5 Å². The molecule has 2 N–H and O–H groups in total. The van der Waals surface area contributed by atoms with Gasteiger partial charge in [0.2, 0.25) is 5.95 Å². The quantitative estimate of drug-likeness (QED) is 0.757. The van der Waals surface area contributed by atoms with Gasteiger partial charge in [-0.1, -0.05) is 13.3 Å². The number of rotatable bonds is 7. The van der Waals surface area contributed by atoms with E-state index in [1.165, 1.54) is 12.4 Å². The average Bonchev–Trinajstić information content (AvgIpc) is 2.99. The Morgan fingerprint density at radius 1 is 1.35 bits per heavy atom. The molecule has 0 aliphatic rings. The molecule has 0 aromatic carbocycles. The van der Waals surface area contributed by atoms with E-state index in [-0.39, 0.29) is 5.91 Å². The van der Waals surface area contributed by atoms with Gasteiger partial charge in [0.05, 0.1) is 18.4 Å². The summed E-state index contributed by atoms with van der Waals surface area (Å²) in [5.41, 5.74) is 0.428. The second-order valence-electron chi connectivity index (χ2n) is 4.34. The first-order valence-electron chi connectivity index (χ1n) is 6.66. The molecule has 1 amide bonds. The minimum Gasteiger partial charge on any atom is -0.467 e. The van der Waals surface area contributed by atoms with Crippen LogP contribution in [0.15, 0.2) is 35.2 Å². The van der Waals surface area contributed by atoms with Crippen LogP contribution in [0, 0.1) is 0 Å². The average molecular weight is 274 g/mol. The molecule has 2 rings (SSSR count). The minimum absolute atomic E-state index is 0.221. The van der Waals surface area contributed by atoms with Gasteiger partial charge in [-0.2, -0.15) is 0 Å². The number of carbonyl (C=O) groups is 1. The number of aromatic nitrogens is 2. The van der Waals surface area contributed by atoms with Crippen LogP contribution in [0.2, 0.25) is 0 Å². The number of anilines is 1. The number of hydrogen-bond donors (Lipinski definition) is 2. The third-order valence-corrected chi connectivity index (χ3v) is 2.73. The molecule has 6 nitrogen and oxygen atoms in total. The number of nitrogens with one attached hydrogen (secondary N) is 2. The molecule has 0 aliphatic heterocycles. The molecule has 0 spiro atoms. The topological polar surface area (TPSA) is 80.0 Å². The van der Waals surface area contributed by atoms with Gasteiger partial charge in [0, 0.05) is 18.9 Å². The number of unbranched alkanes of at least 4 members (excludes halogenated alkanes) is 1. The van der Waals surface area contributed by atoms with Gasteiger partial charge in [0.25, 0.3) is 5.91 Å². The van der Waals surface area contributed by atoms with Crippen molar-refractivity contribution in [3.05, 3.63) is 42.1 Å². The van der Waals surface area contributed by atoms with Gasteiger partial charge in [-0.25, -0.2) is 9.97 Å². The highest BCUT2D eigenvalue weighted by atomic mass is 16.3. The van der Waals surface area contributed by atoms with E-state index in [1.807, 2.05) is 0 Å². The number of carbonyl (C=O) groups excluding carboxylic acids is 1. The molecular formula is C14H18N4O2. The zero-order chi connectivity index (χ0) is 14.2. The standard InChI is InChI=1S/C14H18N4O2/c1-2-3-6-15-14-17-8-11(9-18-14)13(19)16-10-12-5-4-7-20-12/h4-5,7-9H,2-3,6,10H2,1H3,(H,16,19)(H,15,17,18). The summed E-state index contributed by atoms with van der Waals surface area (Å²) in [7, 11) is 0. The van der Waals surface area contributed by atoms with Crippen molar-refractivity contribution >= 4 is 11.9 Å². The van der Waals surface area contributed by atoms with Crippen LogP contribution in [0.3, 0.4) is 0 Å². The molecule has 0 radical (unpaired) electrons. The maximum absolute atomic E-state index is 11.9. The van der Waals surface area contributed by atoms with E-state index in [4.69, 9.17) is 4.42 Å². The summed E-state index contributed by atoms with van der Waals surface area (Å²) in [5.74, 6) is 1.03. The maximum atomic E-state index is 11.9. The molecule has 2 heterocycles. The molecule has 0 atom stereocenters. The van der Waals surface area contributed by atoms with Crippen LogP contribution < -0.4 is 10.6 Å². The van der Waals surface area contributed by atoms with Crippen molar-refractivity contribution in [2.45, 2.75) is 26.3 Å². The predicted octanol–water partition coefficient (Wildman–Crippen LogP) is 2.21. The van der Waals surface area contributed by atoms with Gasteiger partial charge >= 0.3 is 0 Å². The van der Waals surface area contributed by atoms with E-state index in [0.29, 0.717) is 23.8 Å². The van der Waals surface area contributed by atoms with Gasteiger partial charge in [0.1, 0.15) is 5.76 Å². The number of nitrogens with zero attached hydrogens (tertiary/aromatic N) is 2. The zero-order valence-corrected chi connectivity index (χ0v) is 11.4. The van der Waals surface area contributed by atoms with Crippen molar-refractivity contribution in [2.75, 3.05) is 11.9 Å². The van der Waals surface area contributed by atoms with Crippen molar-refractivity contribution in [1.29, 1.82) is 0 Å². The van der Waals surface area contributed by atoms with Crippen molar-refractivity contribution < 1.29 is 9.21 Å². The normalized spacial score (nSPS) is 10.2. The lowest BCUT2D eigenvalue weighted by atomic mass is 10.3. The third-order valence-electron chi connectivity index (χ3n) is 2.73. The smallest absolute Gasteiger partial charge is 0.254 e. The summed E-state index contributed by atoms with van der Waals surface area (Å²) in [6.45, 7) is 3.30. The fourth-order valence-corrected chi connectivity index (χ4v) is 1.60. The summed E-state index contributed by atoms with van der Waals surface area (Å²) in [4.78, 5) is 20.1. The highest BCUT2D eigenvalue weighted by molar-refractivity contribution is 5.93. The van der Waals surface area contributed by atoms with Crippen LogP contribution in [-0.2, 0) is 6.54 Å². The van der Waals surface area contributed by atoms with E-state index in [9.17, 15) is 4.79 Å². The van der Waals surface area contributed by atoms with Gasteiger partial charge in [0.15, 0.2) is 0 Å². The largest absolute Gasteiger partial charge is 0.467 e. The molecule has 2 aromatic rings. The fraction of sp³-hybridized carbons (Fsp3) is 0.357. The van der Waals surface area contributed by atoms with Crippen LogP contribution in [0.5, 0.6) is 0 Å². The molecule has 0 fully saturated rings. The Bertz CT molecular complexity index is 523. The molecule has 0 aliphatic carbocycles. The molecule has 106 valence electrons. The Kier molecular flexibility index (Phi) is 5.11. The van der Waals surface area contributed by atoms with Crippen LogP contribution in [0.1, 0.15) is 35.9 Å². The van der Waals surface area contributed by atoms with Crippen LogP contribution in [0.4, 0.5) is 5.95 Å². The number of amides is 1. The van der Waals surface area contributed by atoms with Gasteiger partial charge in [-0.15, -0.1) is 0 Å². The van der Waals surface area contributed by atoms with Crippen molar-refractivity contribution in [3.8, 4) is 0 Å². The molecule has 0 unspecified atom stereocenters. The highest BCUT2D eigenvalue weighted by Crippen LogP contribution is 2.03. The minimum atomic E-state index is -0.221. The predicted molar refractivity (Wildman–Crippen MR) is 75.3 cm³/mol. The summed E-state index contributed by atoms with van der Waals surface area (Å²) < 4.78 is 5.14. The first-order valence-corrected chi connectivity index (χ1v) is 6.66. The molecule has 6 heteroatoms. The second kappa shape index (κ2) is 7.28. The molecule has 20 heavy (non-hydrogen) atoms. The summed E-state index contributed by atoms with van der Waals surface area (Å²) in [6, 6.07) is 3.58. The second-order valence-corrected chi connectivity index (χ2v) is 4.34. The molecular weight excluding hydrogens is 256 g/mol. The molecule has 0 saturated carbocycles. The number of furan rings is 1. The zero-order valence-electron chi connectivity index (χ0n) is 11.4. The Balaban J connectivity index is 1.84. The maximum Gasteiger partial charge on any atom is 0.254 e. The SMILES string of the molecule is CCCCNc1ncc(C(=O)NCc2ccco2)cn1. The van der Waals surface area contributed by atoms with Crippen LogP contribution >= 0.6 is 0 Å². The lowest BCUT2D eigenvalue weighted by molar-refractivity contribution is 0.0947. The van der Waals surface area contributed by atoms with Gasteiger partial charge in [-0.3, -0.25) is 4.79 Å². The monoisotopic (exact) mass is 274 g/mol. The molecule has 0 saturated heterocycles. The van der Waals surface area contributed by atoms with E-state index in [0.717, 1.165) is 19.4 Å². The fourth-order valence-electron chi connectivity index (χ4n) is 1.60. The van der Waals surface area contributed by atoms with Gasteiger partial charge < -0.3 is 15.1 Å². The first kappa shape index (κ1) is 14.0. The Hall–Kier alpha value is -2.37. The summed E-state index contributed by atoms with van der Waals surface area (Å²) in [5, 5.41) is 5.84.